The van der Waals surface area contributed by atoms with Gasteiger partial charge in [0.1, 0.15) is 24.7 Å². The van der Waals surface area contributed by atoms with Crippen LogP contribution in [0.4, 0.5) is 0 Å². The van der Waals surface area contributed by atoms with Gasteiger partial charge in [0.25, 0.3) is 0 Å². The van der Waals surface area contributed by atoms with Crippen LogP contribution in [0.1, 0.15) is 116 Å². The van der Waals surface area contributed by atoms with Crippen LogP contribution in [0, 0.1) is 5.92 Å². The average Bonchev–Trinajstić information content (AvgIpc) is 2.90. The summed E-state index contributed by atoms with van der Waals surface area (Å²) in [6.07, 6.45) is 18.1. The van der Waals surface area contributed by atoms with E-state index >= 15 is 0 Å². The zero-order valence-electron chi connectivity index (χ0n) is 26.0. The number of Topliss-reactive ketones (excluding diaryl/α,β-unsaturated/α-hetero) is 1. The lowest BCUT2D eigenvalue weighted by Crippen LogP contribution is -3.06. The molecular formula is C32H59NO6P+. The third-order valence-corrected chi connectivity index (χ3v) is 8.07. The number of carbonyl (C=O) groups is 1. The Labute approximate surface area is 245 Å². The van der Waals surface area contributed by atoms with E-state index in [1.807, 2.05) is 45.3 Å². The quantitative estimate of drug-likeness (QED) is 0.0859. The van der Waals surface area contributed by atoms with Crippen LogP contribution in [0.15, 0.2) is 24.3 Å². The fraction of sp³-hybridized carbons (Fsp3) is 0.781. The highest BCUT2D eigenvalue weighted by Gasteiger charge is 2.25. The number of nitrogens with one attached hydrogen (secondary N) is 1. The van der Waals surface area contributed by atoms with Crippen molar-refractivity contribution in [2.45, 2.75) is 117 Å². The predicted molar refractivity (Wildman–Crippen MR) is 164 cm³/mol. The molecule has 0 fully saturated rings. The number of ketones is 1. The number of hydrogen-bond donors (Lipinski definition) is 2. The van der Waals surface area contributed by atoms with Crippen LogP contribution in [-0.2, 0) is 24.8 Å². The summed E-state index contributed by atoms with van der Waals surface area (Å²) in [5.74, 6) is 0.789. The molecule has 0 bridgehead atoms. The molecule has 232 valence electrons. The van der Waals surface area contributed by atoms with E-state index in [1.54, 1.807) is 0 Å². The van der Waals surface area contributed by atoms with Gasteiger partial charge < -0.3 is 14.5 Å². The smallest absolute Gasteiger partial charge is 0.472 e. The Bertz CT molecular complexity index is 801. The number of hydrogen-bond acceptors (Lipinski definition) is 5. The lowest BCUT2D eigenvalue weighted by molar-refractivity contribution is -0.858. The summed E-state index contributed by atoms with van der Waals surface area (Å²) in [6, 6.07) is 7.93. The highest BCUT2D eigenvalue weighted by atomic mass is 31.2. The molecule has 2 N–H and O–H groups in total. The molecule has 8 heteroatoms. The van der Waals surface area contributed by atoms with Gasteiger partial charge in [-0.05, 0) is 42.9 Å². The van der Waals surface area contributed by atoms with Gasteiger partial charge in [-0.2, -0.15) is 0 Å². The molecule has 1 aromatic carbocycles. The van der Waals surface area contributed by atoms with Crippen molar-refractivity contribution in [3.05, 3.63) is 29.8 Å². The summed E-state index contributed by atoms with van der Waals surface area (Å²) in [7, 11) is -0.268. The largest absolute Gasteiger partial charge is 0.494 e. The van der Waals surface area contributed by atoms with Crippen LogP contribution in [0.2, 0.25) is 0 Å². The Morgan fingerprint density at radius 3 is 1.95 bits per heavy atom. The Hall–Kier alpha value is -1.24. The number of carbonyl (C=O) groups excluding carboxylic acids is 1. The standard InChI is InChI=1S/C32H58NO6P/c1-5-7-8-9-10-11-12-13-14-15-16-17-24-37-32-21-19-29(20-22-32)26-30(27-31(34)18-6-2)28-39-40(35,36)38-25-23-33(3)4/h19-22,30H,5-18,23-28H2,1-4H3,(H,35,36)/p+1. The highest BCUT2D eigenvalue weighted by molar-refractivity contribution is 7.47. The van der Waals surface area contributed by atoms with Crippen LogP contribution in [0.3, 0.4) is 0 Å². The number of quaternary nitrogens is 1. The van der Waals surface area contributed by atoms with E-state index < -0.39 is 7.82 Å². The van der Waals surface area contributed by atoms with Gasteiger partial charge >= 0.3 is 7.82 Å². The molecule has 0 aliphatic heterocycles. The monoisotopic (exact) mass is 584 g/mol. The van der Waals surface area contributed by atoms with Crippen molar-refractivity contribution in [3.63, 3.8) is 0 Å². The third-order valence-electron chi connectivity index (χ3n) is 7.09. The zero-order chi connectivity index (χ0) is 29.5. The minimum atomic E-state index is -4.15. The number of rotatable bonds is 27. The van der Waals surface area contributed by atoms with Gasteiger partial charge in [-0.1, -0.05) is 96.6 Å². The van der Waals surface area contributed by atoms with E-state index in [2.05, 4.69) is 6.92 Å². The predicted octanol–water partition coefficient (Wildman–Crippen LogP) is 6.96. The molecule has 0 radical (unpaired) electrons. The minimum absolute atomic E-state index is 0.00470. The molecule has 1 aromatic rings. The molecule has 2 unspecified atom stereocenters. The van der Waals surface area contributed by atoms with Crippen LogP contribution < -0.4 is 9.64 Å². The lowest BCUT2D eigenvalue weighted by atomic mass is 9.94. The summed E-state index contributed by atoms with van der Waals surface area (Å²) >= 11 is 0. The van der Waals surface area contributed by atoms with Gasteiger partial charge in [0.2, 0.25) is 0 Å². The molecule has 0 spiro atoms. The molecule has 0 heterocycles. The van der Waals surface area contributed by atoms with Crippen LogP contribution >= 0.6 is 7.82 Å². The first-order chi connectivity index (χ1) is 19.3. The second-order valence-corrected chi connectivity index (χ2v) is 13.0. The van der Waals surface area contributed by atoms with Crippen molar-refractivity contribution in [3.8, 4) is 5.75 Å². The molecular weight excluding hydrogens is 525 g/mol. The number of phosphoric ester groups is 1. The van der Waals surface area contributed by atoms with E-state index in [1.165, 1.54) is 70.6 Å². The van der Waals surface area contributed by atoms with Gasteiger partial charge in [0.05, 0.1) is 27.3 Å². The molecule has 1 rings (SSSR count). The third kappa shape index (κ3) is 20.6. The molecule has 0 amide bonds. The van der Waals surface area contributed by atoms with E-state index in [0.717, 1.165) is 35.7 Å². The highest BCUT2D eigenvalue weighted by Crippen LogP contribution is 2.43. The van der Waals surface area contributed by atoms with E-state index in [0.29, 0.717) is 25.8 Å². The fourth-order valence-electron chi connectivity index (χ4n) is 4.68. The second kappa shape index (κ2) is 23.3. The molecule has 0 aliphatic rings. The summed E-state index contributed by atoms with van der Waals surface area (Å²) in [4.78, 5) is 23.5. The van der Waals surface area contributed by atoms with E-state index in [9.17, 15) is 14.3 Å². The maximum Gasteiger partial charge on any atom is 0.472 e. The minimum Gasteiger partial charge on any atom is -0.494 e. The normalized spacial score (nSPS) is 13.8. The van der Waals surface area contributed by atoms with Gasteiger partial charge in [0.15, 0.2) is 0 Å². The van der Waals surface area contributed by atoms with Gasteiger partial charge in [0, 0.05) is 12.8 Å². The van der Waals surface area contributed by atoms with Crippen molar-refractivity contribution in [2.75, 3.05) is 40.5 Å². The van der Waals surface area contributed by atoms with Crippen molar-refractivity contribution in [1.29, 1.82) is 0 Å². The number of phosphoric acid groups is 1. The van der Waals surface area contributed by atoms with Gasteiger partial charge in [-0.15, -0.1) is 0 Å². The van der Waals surface area contributed by atoms with Crippen molar-refractivity contribution in [2.24, 2.45) is 5.92 Å². The van der Waals surface area contributed by atoms with E-state index in [-0.39, 0.29) is 24.9 Å². The summed E-state index contributed by atoms with van der Waals surface area (Å²) in [5.41, 5.74) is 1.04. The van der Waals surface area contributed by atoms with Crippen LogP contribution in [0.5, 0.6) is 5.75 Å². The molecule has 0 saturated carbocycles. The summed E-state index contributed by atoms with van der Waals surface area (Å²) < 4.78 is 28.6. The number of benzene rings is 1. The molecule has 7 nitrogen and oxygen atoms in total. The van der Waals surface area contributed by atoms with Crippen molar-refractivity contribution < 1.29 is 32.9 Å². The molecule has 2 atom stereocenters. The number of likely N-dealkylation sites (N-methyl/N-ethyl adjacent to an activating group) is 1. The Kier molecular flexibility index (Phi) is 21.5. The zero-order valence-corrected chi connectivity index (χ0v) is 26.9. The lowest BCUT2D eigenvalue weighted by Gasteiger charge is -2.19. The van der Waals surface area contributed by atoms with Gasteiger partial charge in [-0.25, -0.2) is 4.57 Å². The van der Waals surface area contributed by atoms with Crippen LogP contribution in [0.25, 0.3) is 0 Å². The van der Waals surface area contributed by atoms with Crippen molar-refractivity contribution in [1.82, 2.24) is 0 Å². The van der Waals surface area contributed by atoms with Crippen LogP contribution in [-0.4, -0.2) is 51.1 Å². The van der Waals surface area contributed by atoms with Crippen molar-refractivity contribution >= 4 is 13.6 Å². The Morgan fingerprint density at radius 2 is 1.40 bits per heavy atom. The molecule has 0 aromatic heterocycles. The molecule has 0 aliphatic carbocycles. The average molecular weight is 585 g/mol. The first kappa shape index (κ1) is 36.8. The molecule has 40 heavy (non-hydrogen) atoms. The molecule has 0 saturated heterocycles. The topological polar surface area (TPSA) is 86.5 Å². The number of unbranched alkanes of at least 4 members (excludes halogenated alkanes) is 11. The van der Waals surface area contributed by atoms with Gasteiger partial charge in [-0.3, -0.25) is 13.8 Å². The fourth-order valence-corrected chi connectivity index (χ4v) is 5.48. The summed E-state index contributed by atoms with van der Waals surface area (Å²) in [6.45, 7) is 5.69. The second-order valence-electron chi connectivity index (χ2n) is 11.5. The Morgan fingerprint density at radius 1 is 0.825 bits per heavy atom. The maximum atomic E-state index is 12.3. The Balaban J connectivity index is 2.34. The first-order valence-corrected chi connectivity index (χ1v) is 17.4. The maximum absolute atomic E-state index is 12.3. The first-order valence-electron chi connectivity index (χ1n) is 15.9. The number of ether oxygens (including phenoxy) is 1. The SMILES string of the molecule is CCCCCCCCCCCCCCOc1ccc(CC(COP(=O)(O)OCC[NH+](C)C)CC(=O)CCC)cc1. The van der Waals surface area contributed by atoms with E-state index in [4.69, 9.17) is 13.8 Å². The summed E-state index contributed by atoms with van der Waals surface area (Å²) in [5, 5.41) is 0.